The molecule has 1 fully saturated rings. The van der Waals surface area contributed by atoms with Crippen LogP contribution < -0.4 is 0 Å². The number of rotatable bonds is 1. The fourth-order valence-electron chi connectivity index (χ4n) is 2.04. The Kier molecular flexibility index (Phi) is 3.09. The summed E-state index contributed by atoms with van der Waals surface area (Å²) in [5.74, 6) is 0. The highest BCUT2D eigenvalue weighted by atomic mass is 16.6. The lowest BCUT2D eigenvalue weighted by Crippen LogP contribution is -2.37. The van der Waals surface area contributed by atoms with Gasteiger partial charge in [-0.25, -0.2) is 9.78 Å². The van der Waals surface area contributed by atoms with Crippen molar-refractivity contribution in [2.24, 2.45) is 0 Å². The number of carbonyl (C=O) groups is 1. The minimum absolute atomic E-state index is 0.0485. The summed E-state index contributed by atoms with van der Waals surface area (Å²) in [4.78, 5) is 17.8. The summed E-state index contributed by atoms with van der Waals surface area (Å²) in [6, 6.07) is 0. The van der Waals surface area contributed by atoms with Gasteiger partial charge >= 0.3 is 6.09 Å². The van der Waals surface area contributed by atoms with Gasteiger partial charge in [-0.1, -0.05) is 0 Å². The predicted molar refractivity (Wildman–Crippen MR) is 63.4 cm³/mol. The van der Waals surface area contributed by atoms with Crippen LogP contribution in [0.4, 0.5) is 4.79 Å². The fraction of sp³-hybridized carbons (Fsp3) is 0.667. The molecule has 0 spiro atoms. The summed E-state index contributed by atoms with van der Waals surface area (Å²) >= 11 is 0. The van der Waals surface area contributed by atoms with Crippen LogP contribution in [-0.2, 0) is 4.74 Å². The number of ether oxygens (including phenoxy) is 1. The van der Waals surface area contributed by atoms with E-state index in [0.717, 1.165) is 19.4 Å². The minimum Gasteiger partial charge on any atom is -0.444 e. The molecule has 1 saturated heterocycles. The number of nitrogens with zero attached hydrogens (tertiary/aromatic N) is 3. The zero-order valence-electron chi connectivity index (χ0n) is 10.6. The number of imidazole rings is 1. The lowest BCUT2D eigenvalue weighted by atomic mass is 10.2. The monoisotopic (exact) mass is 237 g/mol. The fourth-order valence-corrected chi connectivity index (χ4v) is 2.04. The van der Waals surface area contributed by atoms with Crippen molar-refractivity contribution in [2.75, 3.05) is 6.54 Å². The maximum Gasteiger partial charge on any atom is 0.411 e. The van der Waals surface area contributed by atoms with Crippen LogP contribution in [-0.4, -0.2) is 32.7 Å². The van der Waals surface area contributed by atoms with E-state index in [1.807, 2.05) is 31.5 Å². The van der Waals surface area contributed by atoms with Gasteiger partial charge in [-0.2, -0.15) is 0 Å². The van der Waals surface area contributed by atoms with Gasteiger partial charge in [0.2, 0.25) is 0 Å². The van der Waals surface area contributed by atoms with Crippen molar-refractivity contribution in [3.63, 3.8) is 0 Å². The minimum atomic E-state index is -0.445. The Labute approximate surface area is 101 Å². The van der Waals surface area contributed by atoms with Gasteiger partial charge in [-0.05, 0) is 33.6 Å². The van der Waals surface area contributed by atoms with Gasteiger partial charge in [0, 0.05) is 18.9 Å². The maximum atomic E-state index is 12.0. The van der Waals surface area contributed by atoms with Crippen molar-refractivity contribution in [1.29, 1.82) is 0 Å². The zero-order valence-corrected chi connectivity index (χ0v) is 10.6. The molecule has 1 aromatic rings. The molecule has 0 unspecified atom stereocenters. The molecule has 1 atom stereocenters. The third kappa shape index (κ3) is 2.78. The first-order chi connectivity index (χ1) is 7.97. The lowest BCUT2D eigenvalue weighted by molar-refractivity contribution is 0.0163. The first-order valence-corrected chi connectivity index (χ1v) is 5.94. The normalized spacial score (nSPS) is 20.6. The molecule has 5 heteroatoms. The number of hydrogen-bond acceptors (Lipinski definition) is 3. The Hall–Kier alpha value is -1.52. The number of hydrogen-bond donors (Lipinski definition) is 0. The smallest absolute Gasteiger partial charge is 0.411 e. The van der Waals surface area contributed by atoms with E-state index in [1.165, 1.54) is 0 Å². The van der Waals surface area contributed by atoms with E-state index in [-0.39, 0.29) is 12.3 Å². The molecule has 17 heavy (non-hydrogen) atoms. The highest BCUT2D eigenvalue weighted by Gasteiger charge is 2.32. The van der Waals surface area contributed by atoms with Crippen molar-refractivity contribution in [3.05, 3.63) is 18.7 Å². The summed E-state index contributed by atoms with van der Waals surface area (Å²) in [5.41, 5.74) is -0.445. The Morgan fingerprint density at radius 1 is 1.47 bits per heavy atom. The van der Waals surface area contributed by atoms with Crippen molar-refractivity contribution in [3.8, 4) is 0 Å². The van der Waals surface area contributed by atoms with Gasteiger partial charge in [0.05, 0.1) is 6.33 Å². The molecule has 1 amide bonds. The van der Waals surface area contributed by atoms with Crippen LogP contribution in [0.1, 0.15) is 39.8 Å². The highest BCUT2D eigenvalue weighted by Crippen LogP contribution is 2.28. The zero-order chi connectivity index (χ0) is 12.5. The van der Waals surface area contributed by atoms with Crippen LogP contribution in [0.3, 0.4) is 0 Å². The second-order valence-corrected chi connectivity index (χ2v) is 5.31. The lowest BCUT2D eigenvalue weighted by Gasteiger charge is -2.29. The molecule has 0 N–H and O–H groups in total. The Morgan fingerprint density at radius 2 is 2.24 bits per heavy atom. The van der Waals surface area contributed by atoms with Gasteiger partial charge < -0.3 is 9.30 Å². The van der Waals surface area contributed by atoms with Crippen LogP contribution in [0.25, 0.3) is 0 Å². The molecule has 1 aliphatic rings. The molecule has 0 aliphatic carbocycles. The SMILES string of the molecule is CC(C)(C)OC(=O)N1CCC[C@H]1n1ccnc1. The van der Waals surface area contributed by atoms with E-state index >= 15 is 0 Å². The van der Waals surface area contributed by atoms with Gasteiger partial charge in [-0.15, -0.1) is 0 Å². The molecule has 0 bridgehead atoms. The molecule has 2 rings (SSSR count). The average molecular weight is 237 g/mol. The van der Waals surface area contributed by atoms with E-state index in [0.29, 0.717) is 0 Å². The van der Waals surface area contributed by atoms with Crippen LogP contribution >= 0.6 is 0 Å². The van der Waals surface area contributed by atoms with Crippen molar-refractivity contribution < 1.29 is 9.53 Å². The Morgan fingerprint density at radius 3 is 2.82 bits per heavy atom. The number of amides is 1. The van der Waals surface area contributed by atoms with Crippen LogP contribution in [0, 0.1) is 0 Å². The van der Waals surface area contributed by atoms with Gasteiger partial charge in [0.25, 0.3) is 0 Å². The second-order valence-electron chi connectivity index (χ2n) is 5.31. The first-order valence-electron chi connectivity index (χ1n) is 5.94. The van der Waals surface area contributed by atoms with Crippen molar-refractivity contribution in [2.45, 2.75) is 45.4 Å². The summed E-state index contributed by atoms with van der Waals surface area (Å²) in [7, 11) is 0. The van der Waals surface area contributed by atoms with E-state index < -0.39 is 5.60 Å². The predicted octanol–water partition coefficient (Wildman–Crippen LogP) is 2.41. The number of carbonyl (C=O) groups excluding carboxylic acids is 1. The molecule has 0 aromatic carbocycles. The largest absolute Gasteiger partial charge is 0.444 e. The topological polar surface area (TPSA) is 47.4 Å². The average Bonchev–Trinajstić information content (AvgIpc) is 2.85. The molecule has 2 heterocycles. The Bertz CT molecular complexity index is 381. The van der Waals surface area contributed by atoms with E-state index in [2.05, 4.69) is 4.98 Å². The van der Waals surface area contributed by atoms with Gasteiger partial charge in [0.15, 0.2) is 0 Å². The van der Waals surface area contributed by atoms with Crippen LogP contribution in [0.15, 0.2) is 18.7 Å². The number of likely N-dealkylation sites (tertiary alicyclic amines) is 1. The van der Waals surface area contributed by atoms with Crippen molar-refractivity contribution in [1.82, 2.24) is 14.5 Å². The van der Waals surface area contributed by atoms with E-state index in [9.17, 15) is 4.79 Å². The van der Waals surface area contributed by atoms with Crippen molar-refractivity contribution >= 4 is 6.09 Å². The molecular weight excluding hydrogens is 218 g/mol. The molecular formula is C12H19N3O2. The summed E-state index contributed by atoms with van der Waals surface area (Å²) in [6.07, 6.45) is 7.12. The van der Waals surface area contributed by atoms with Gasteiger partial charge in [-0.3, -0.25) is 4.90 Å². The molecule has 94 valence electrons. The Balaban J connectivity index is 2.07. The summed E-state index contributed by atoms with van der Waals surface area (Å²) < 4.78 is 7.36. The number of aromatic nitrogens is 2. The molecule has 1 aromatic heterocycles. The second kappa shape index (κ2) is 4.39. The molecule has 1 aliphatic heterocycles. The van der Waals surface area contributed by atoms with Crippen LogP contribution in [0.5, 0.6) is 0 Å². The van der Waals surface area contributed by atoms with E-state index in [4.69, 9.17) is 4.74 Å². The quantitative estimate of drug-likeness (QED) is 0.753. The maximum absolute atomic E-state index is 12.0. The standard InChI is InChI=1S/C12H19N3O2/c1-12(2,3)17-11(16)15-7-4-5-10(15)14-8-6-13-9-14/h6,8-10H,4-5,7H2,1-3H3/t10-/m0/s1. The van der Waals surface area contributed by atoms with E-state index in [1.54, 1.807) is 17.4 Å². The molecule has 0 radical (unpaired) electrons. The van der Waals surface area contributed by atoms with Gasteiger partial charge in [0.1, 0.15) is 11.8 Å². The first kappa shape index (κ1) is 12.0. The third-order valence-electron chi connectivity index (χ3n) is 2.72. The molecule has 0 saturated carbocycles. The van der Waals surface area contributed by atoms with Crippen LogP contribution in [0.2, 0.25) is 0 Å². The molecule has 5 nitrogen and oxygen atoms in total. The summed E-state index contributed by atoms with van der Waals surface area (Å²) in [6.45, 7) is 6.39. The third-order valence-corrected chi connectivity index (χ3v) is 2.72. The summed E-state index contributed by atoms with van der Waals surface area (Å²) in [5, 5.41) is 0. The highest BCUT2D eigenvalue weighted by molar-refractivity contribution is 5.68.